The Bertz CT molecular complexity index is 460. The van der Waals surface area contributed by atoms with Crippen molar-refractivity contribution >= 4 is 21.7 Å². The van der Waals surface area contributed by atoms with Gasteiger partial charge in [-0.15, -0.1) is 0 Å². The van der Waals surface area contributed by atoms with Crippen LogP contribution in [-0.2, 0) is 19.4 Å². The zero-order valence-electron chi connectivity index (χ0n) is 10.4. The number of sulfone groups is 1. The number of piperidine rings is 1. The second-order valence-corrected chi connectivity index (χ2v) is 7.27. The first-order valence-corrected chi connectivity index (χ1v) is 7.95. The predicted molar refractivity (Wildman–Crippen MR) is 65.6 cm³/mol. The first-order valence-electron chi connectivity index (χ1n) is 6.13. The van der Waals surface area contributed by atoms with Crippen LogP contribution in [0.2, 0.25) is 0 Å². The van der Waals surface area contributed by atoms with Gasteiger partial charge in [-0.25, -0.2) is 8.42 Å². The van der Waals surface area contributed by atoms with Gasteiger partial charge in [-0.05, 0) is 12.8 Å². The number of hydrogen-bond donors (Lipinski definition) is 1. The van der Waals surface area contributed by atoms with Crippen LogP contribution in [0.1, 0.15) is 19.3 Å². The maximum absolute atomic E-state index is 12.2. The van der Waals surface area contributed by atoms with Crippen molar-refractivity contribution < 1.29 is 18.0 Å². The van der Waals surface area contributed by atoms with Crippen LogP contribution in [0, 0.1) is 5.92 Å². The third kappa shape index (κ3) is 2.82. The minimum Gasteiger partial charge on any atom is -0.356 e. The summed E-state index contributed by atoms with van der Waals surface area (Å²) in [6.07, 6.45) is 1.35. The molecule has 1 N–H and O–H groups in total. The molecule has 0 spiro atoms. The van der Waals surface area contributed by atoms with Crippen molar-refractivity contribution in [1.29, 1.82) is 0 Å². The topological polar surface area (TPSA) is 83.6 Å². The molecule has 2 fully saturated rings. The van der Waals surface area contributed by atoms with Crippen molar-refractivity contribution in [2.45, 2.75) is 25.3 Å². The van der Waals surface area contributed by atoms with E-state index in [1.807, 2.05) is 0 Å². The number of hydrogen-bond acceptors (Lipinski definition) is 4. The Labute approximate surface area is 107 Å². The lowest BCUT2D eigenvalue weighted by Gasteiger charge is -2.29. The lowest BCUT2D eigenvalue weighted by Crippen LogP contribution is -2.45. The van der Waals surface area contributed by atoms with Crippen molar-refractivity contribution in [2.75, 3.05) is 25.1 Å². The molecule has 0 aromatic rings. The molecule has 2 rings (SSSR count). The van der Waals surface area contributed by atoms with Gasteiger partial charge in [-0.2, -0.15) is 0 Å². The van der Waals surface area contributed by atoms with Gasteiger partial charge in [0.05, 0.1) is 11.5 Å². The fourth-order valence-corrected chi connectivity index (χ4v) is 4.32. The van der Waals surface area contributed by atoms with Crippen molar-refractivity contribution in [2.24, 2.45) is 5.92 Å². The van der Waals surface area contributed by atoms with Crippen molar-refractivity contribution in [1.82, 2.24) is 10.2 Å². The average Bonchev–Trinajstić information content (AvgIpc) is 2.68. The summed E-state index contributed by atoms with van der Waals surface area (Å²) in [5.74, 6) is -0.305. The third-order valence-electron chi connectivity index (χ3n) is 3.70. The summed E-state index contributed by atoms with van der Waals surface area (Å²) in [6.45, 7) is 0.520. The second-order valence-electron chi connectivity index (χ2n) is 5.05. The molecule has 7 heteroatoms. The second kappa shape index (κ2) is 4.87. The van der Waals surface area contributed by atoms with E-state index in [1.54, 1.807) is 7.05 Å². The summed E-state index contributed by atoms with van der Waals surface area (Å²) < 4.78 is 22.8. The van der Waals surface area contributed by atoms with Gasteiger partial charge in [0, 0.05) is 32.0 Å². The number of carbonyl (C=O) groups excluding carboxylic acids is 2. The molecule has 0 bridgehead atoms. The van der Waals surface area contributed by atoms with E-state index in [0.29, 0.717) is 19.4 Å². The predicted octanol–water partition coefficient (Wildman–Crippen LogP) is -0.842. The van der Waals surface area contributed by atoms with E-state index in [0.717, 1.165) is 0 Å². The molecule has 6 nitrogen and oxygen atoms in total. The zero-order valence-corrected chi connectivity index (χ0v) is 11.2. The highest BCUT2D eigenvalue weighted by molar-refractivity contribution is 7.91. The van der Waals surface area contributed by atoms with Crippen molar-refractivity contribution in [3.63, 3.8) is 0 Å². The molecule has 18 heavy (non-hydrogen) atoms. The van der Waals surface area contributed by atoms with Crippen molar-refractivity contribution in [3.05, 3.63) is 0 Å². The highest BCUT2D eigenvalue weighted by Crippen LogP contribution is 2.21. The number of amides is 2. The van der Waals surface area contributed by atoms with Gasteiger partial charge in [-0.1, -0.05) is 0 Å². The van der Waals surface area contributed by atoms with E-state index in [9.17, 15) is 18.0 Å². The van der Waals surface area contributed by atoms with E-state index in [1.165, 1.54) is 4.90 Å². The summed E-state index contributed by atoms with van der Waals surface area (Å²) >= 11 is 0. The van der Waals surface area contributed by atoms with Crippen LogP contribution in [0.3, 0.4) is 0 Å². The fourth-order valence-electron chi connectivity index (χ4n) is 2.54. The SMILES string of the molecule is CN(C(=O)C1CCNC(=O)C1)C1CCS(=O)(=O)C1. The summed E-state index contributed by atoms with van der Waals surface area (Å²) in [4.78, 5) is 25.0. The molecular weight excluding hydrogens is 256 g/mol. The third-order valence-corrected chi connectivity index (χ3v) is 5.45. The molecule has 0 saturated carbocycles. The molecule has 0 aromatic carbocycles. The highest BCUT2D eigenvalue weighted by atomic mass is 32.2. The van der Waals surface area contributed by atoms with Crippen LogP contribution in [0.15, 0.2) is 0 Å². The normalized spacial score (nSPS) is 30.8. The molecule has 2 heterocycles. The quantitative estimate of drug-likeness (QED) is 0.711. The van der Waals surface area contributed by atoms with Crippen LogP contribution in [0.25, 0.3) is 0 Å². The summed E-state index contributed by atoms with van der Waals surface area (Å²) in [5, 5.41) is 2.68. The van der Waals surface area contributed by atoms with E-state index in [-0.39, 0.29) is 41.7 Å². The van der Waals surface area contributed by atoms with Gasteiger partial charge in [0.2, 0.25) is 11.8 Å². The molecule has 2 aliphatic heterocycles. The van der Waals surface area contributed by atoms with Gasteiger partial charge in [0.15, 0.2) is 9.84 Å². The van der Waals surface area contributed by atoms with Crippen LogP contribution < -0.4 is 5.32 Å². The molecule has 102 valence electrons. The van der Waals surface area contributed by atoms with Crippen LogP contribution in [0.5, 0.6) is 0 Å². The molecule has 2 saturated heterocycles. The van der Waals surface area contributed by atoms with Crippen molar-refractivity contribution in [3.8, 4) is 0 Å². The molecule has 2 aliphatic rings. The van der Waals surface area contributed by atoms with Crippen LogP contribution >= 0.6 is 0 Å². The lowest BCUT2D eigenvalue weighted by molar-refractivity contribution is -0.140. The van der Waals surface area contributed by atoms with E-state index in [4.69, 9.17) is 0 Å². The molecular formula is C11H18N2O4S. The Morgan fingerprint density at radius 3 is 2.67 bits per heavy atom. The van der Waals surface area contributed by atoms with Crippen LogP contribution in [-0.4, -0.2) is 56.3 Å². The molecule has 2 atom stereocenters. The number of nitrogens with one attached hydrogen (secondary N) is 1. The smallest absolute Gasteiger partial charge is 0.226 e. The maximum Gasteiger partial charge on any atom is 0.226 e. The number of rotatable bonds is 2. The maximum atomic E-state index is 12.2. The monoisotopic (exact) mass is 274 g/mol. The Balaban J connectivity index is 1.98. The Morgan fingerprint density at radius 2 is 2.11 bits per heavy atom. The number of nitrogens with zero attached hydrogens (tertiary/aromatic N) is 1. The molecule has 2 unspecified atom stereocenters. The van der Waals surface area contributed by atoms with Gasteiger partial charge in [0.1, 0.15) is 0 Å². The largest absolute Gasteiger partial charge is 0.356 e. The highest BCUT2D eigenvalue weighted by Gasteiger charge is 2.36. The minimum absolute atomic E-state index is 0.0498. The summed E-state index contributed by atoms with van der Waals surface area (Å²) in [6, 6.07) is -0.229. The first-order chi connectivity index (χ1) is 8.39. The Morgan fingerprint density at radius 1 is 1.39 bits per heavy atom. The minimum atomic E-state index is -2.99. The van der Waals surface area contributed by atoms with Crippen LogP contribution in [0.4, 0.5) is 0 Å². The number of carbonyl (C=O) groups is 2. The lowest BCUT2D eigenvalue weighted by atomic mass is 9.95. The molecule has 0 aliphatic carbocycles. The van der Waals surface area contributed by atoms with E-state index < -0.39 is 9.84 Å². The standard InChI is InChI=1S/C11H18N2O4S/c1-13(9-3-5-18(16,17)7-9)11(15)8-2-4-12-10(14)6-8/h8-9H,2-7H2,1H3,(H,12,14). The zero-order chi connectivity index (χ0) is 13.3. The van der Waals surface area contributed by atoms with Gasteiger partial charge in [0.25, 0.3) is 0 Å². The van der Waals surface area contributed by atoms with Gasteiger partial charge < -0.3 is 10.2 Å². The van der Waals surface area contributed by atoms with Gasteiger partial charge in [-0.3, -0.25) is 9.59 Å². The van der Waals surface area contributed by atoms with E-state index in [2.05, 4.69) is 5.32 Å². The Kier molecular flexibility index (Phi) is 3.61. The summed E-state index contributed by atoms with van der Waals surface area (Å²) in [7, 11) is -1.35. The molecule has 0 aromatic heterocycles. The first kappa shape index (κ1) is 13.3. The summed E-state index contributed by atoms with van der Waals surface area (Å²) in [5.41, 5.74) is 0. The molecule has 0 radical (unpaired) electrons. The average molecular weight is 274 g/mol. The Hall–Kier alpha value is -1.11. The fraction of sp³-hybridized carbons (Fsp3) is 0.818. The van der Waals surface area contributed by atoms with E-state index >= 15 is 0 Å². The van der Waals surface area contributed by atoms with Gasteiger partial charge >= 0.3 is 0 Å². The molecule has 2 amide bonds.